The Morgan fingerprint density at radius 1 is 1.71 bits per heavy atom. The van der Waals surface area contributed by atoms with Gasteiger partial charge >= 0.3 is 6.16 Å². The van der Waals surface area contributed by atoms with Crippen LogP contribution in [-0.2, 0) is 4.52 Å². The second kappa shape index (κ2) is 10.1. The molecule has 0 saturated heterocycles. The number of carboxylic acid groups (broad SMARTS) is 1. The van der Waals surface area contributed by atoms with Crippen LogP contribution in [0.2, 0.25) is 0 Å². The van der Waals surface area contributed by atoms with E-state index >= 15 is 0 Å². The van der Waals surface area contributed by atoms with Crippen molar-refractivity contribution in [3.63, 3.8) is 0 Å². The molecule has 0 radical (unpaired) electrons. The van der Waals surface area contributed by atoms with Crippen LogP contribution in [0.1, 0.15) is 0 Å². The summed E-state index contributed by atoms with van der Waals surface area (Å²) in [5, 5.41) is 7.48. The van der Waals surface area contributed by atoms with E-state index in [0.29, 0.717) is 0 Å². The first kappa shape index (κ1) is 15.7. The molecule has 42 valence electrons. The topological polar surface area (TPSA) is 78.0 Å². The van der Waals surface area contributed by atoms with Crippen LogP contribution in [0.15, 0.2) is 0 Å². The van der Waals surface area contributed by atoms with Crippen LogP contribution in [0, 0.1) is 41.7 Å². The van der Waals surface area contributed by atoms with Gasteiger partial charge in [0.2, 0.25) is 0 Å². The van der Waals surface area contributed by atoms with E-state index in [2.05, 4.69) is 4.52 Å². The average Bonchev–Trinajstić information content (AvgIpc) is 1.38. The second-order valence-corrected chi connectivity index (χ2v) is 0.619. The molecule has 1 unspecified atom stereocenters. The molecular formula is CH5CeO4P. The number of hydrogen-bond acceptors (Lipinski definition) is 2. The Labute approximate surface area is 76.6 Å². The standard InChI is InChI=1S/CH3O3P.Ce.H2O/c2-1(3)4-5;;/h5H2,(H,2,3);;1H2. The van der Waals surface area contributed by atoms with E-state index in [-0.39, 0.29) is 47.2 Å². The molecule has 0 saturated carbocycles. The first-order valence-corrected chi connectivity index (χ1v) is 1.34. The van der Waals surface area contributed by atoms with E-state index in [1.807, 2.05) is 0 Å². The number of rotatable bonds is 0. The molecule has 0 aromatic rings. The molecule has 0 fully saturated rings. The van der Waals surface area contributed by atoms with E-state index in [0.717, 1.165) is 0 Å². The molecule has 0 aliphatic carbocycles. The van der Waals surface area contributed by atoms with Gasteiger partial charge in [-0.2, -0.15) is 0 Å². The number of hydrogen-bond donors (Lipinski definition) is 1. The summed E-state index contributed by atoms with van der Waals surface area (Å²) in [6.07, 6.45) is -1.28. The third kappa shape index (κ3) is 19.4. The zero-order valence-electron chi connectivity index (χ0n) is 3.34. The molecule has 0 aliphatic rings. The first-order valence-electron chi connectivity index (χ1n) is 0.868. The maximum Gasteiger partial charge on any atom is 0.507 e. The molecule has 4 nitrogen and oxygen atoms in total. The minimum Gasteiger partial charge on any atom is -0.450 e. The van der Waals surface area contributed by atoms with Gasteiger partial charge in [0, 0.05) is 41.7 Å². The van der Waals surface area contributed by atoms with Crippen LogP contribution >= 0.6 is 9.47 Å². The van der Waals surface area contributed by atoms with E-state index in [1.54, 1.807) is 9.47 Å². The Balaban J connectivity index is -0.0000000800. The summed E-state index contributed by atoms with van der Waals surface area (Å²) < 4.78 is 3.58. The molecule has 0 rings (SSSR count). The maximum atomic E-state index is 9.12. The molecular weight excluding hydrogens is 247 g/mol. The third-order valence-electron chi connectivity index (χ3n) is 0.101. The molecule has 0 aromatic heterocycles. The smallest absolute Gasteiger partial charge is 0.450 e. The van der Waals surface area contributed by atoms with Gasteiger partial charge in [-0.15, -0.1) is 0 Å². The zero-order valence-corrected chi connectivity index (χ0v) is 7.64. The SMILES string of the molecule is O.O=C(O)OP.[Ce]. The van der Waals surface area contributed by atoms with Gasteiger partial charge in [-0.05, 0) is 0 Å². The van der Waals surface area contributed by atoms with Crippen molar-refractivity contribution in [3.8, 4) is 0 Å². The Hall–Kier alpha value is 1.04. The van der Waals surface area contributed by atoms with E-state index < -0.39 is 6.16 Å². The third-order valence-corrected chi connectivity index (χ3v) is 0.302. The second-order valence-electron chi connectivity index (χ2n) is 0.384. The summed E-state index contributed by atoms with van der Waals surface area (Å²) in [6, 6.07) is 0. The van der Waals surface area contributed by atoms with Crippen molar-refractivity contribution < 1.29 is 61.6 Å². The largest absolute Gasteiger partial charge is 0.507 e. The first-order chi connectivity index (χ1) is 2.27. The van der Waals surface area contributed by atoms with E-state index in [4.69, 9.17) is 9.90 Å². The normalized spacial score (nSPS) is 4.71. The summed E-state index contributed by atoms with van der Waals surface area (Å²) in [5.41, 5.74) is 0. The molecule has 1 atom stereocenters. The van der Waals surface area contributed by atoms with Crippen molar-refractivity contribution in [2.75, 3.05) is 0 Å². The molecule has 3 N–H and O–H groups in total. The van der Waals surface area contributed by atoms with Gasteiger partial charge in [0.1, 0.15) is 0 Å². The summed E-state index contributed by atoms with van der Waals surface area (Å²) in [5.74, 6) is 0. The monoisotopic (exact) mass is 252 g/mol. The van der Waals surface area contributed by atoms with Crippen LogP contribution in [0.5, 0.6) is 0 Å². The van der Waals surface area contributed by atoms with Crippen molar-refractivity contribution in [3.05, 3.63) is 0 Å². The minimum absolute atomic E-state index is 0. The van der Waals surface area contributed by atoms with Crippen LogP contribution in [0.3, 0.4) is 0 Å². The van der Waals surface area contributed by atoms with Crippen LogP contribution in [0.25, 0.3) is 0 Å². The van der Waals surface area contributed by atoms with Gasteiger partial charge in [-0.1, -0.05) is 0 Å². The van der Waals surface area contributed by atoms with Crippen molar-refractivity contribution >= 4 is 15.6 Å². The van der Waals surface area contributed by atoms with Gasteiger partial charge in [-0.3, -0.25) is 0 Å². The fourth-order valence-electron chi connectivity index (χ4n) is 0. The molecule has 6 heteroatoms. The summed E-state index contributed by atoms with van der Waals surface area (Å²) >= 11 is 0. The molecule has 0 heterocycles. The molecule has 0 bridgehead atoms. The molecule has 0 aliphatic heterocycles. The van der Waals surface area contributed by atoms with Gasteiger partial charge in [-0.25, -0.2) is 4.79 Å². The Kier molecular flexibility index (Phi) is 22.7. The molecule has 7 heavy (non-hydrogen) atoms. The Morgan fingerprint density at radius 3 is 1.86 bits per heavy atom. The average molecular weight is 252 g/mol. The summed E-state index contributed by atoms with van der Waals surface area (Å²) in [6.45, 7) is 0. The van der Waals surface area contributed by atoms with Crippen molar-refractivity contribution in [1.82, 2.24) is 0 Å². The van der Waals surface area contributed by atoms with Gasteiger partial charge in [0.05, 0.1) is 9.47 Å². The van der Waals surface area contributed by atoms with Gasteiger partial charge < -0.3 is 15.1 Å². The molecule has 0 aromatic carbocycles. The number of carbonyl (C=O) groups is 1. The predicted octanol–water partition coefficient (Wildman–Crippen LogP) is -0.354. The maximum absolute atomic E-state index is 9.12. The van der Waals surface area contributed by atoms with E-state index in [9.17, 15) is 0 Å². The summed E-state index contributed by atoms with van der Waals surface area (Å²) in [7, 11) is 1.59. The van der Waals surface area contributed by atoms with Crippen molar-refractivity contribution in [2.45, 2.75) is 0 Å². The van der Waals surface area contributed by atoms with Crippen LogP contribution in [-0.4, -0.2) is 16.7 Å². The zero-order chi connectivity index (χ0) is 4.28. The van der Waals surface area contributed by atoms with Crippen molar-refractivity contribution in [1.29, 1.82) is 0 Å². The molecule has 0 amide bonds. The van der Waals surface area contributed by atoms with Crippen molar-refractivity contribution in [2.24, 2.45) is 0 Å². The fraction of sp³-hybridized carbons (Fsp3) is 0. The van der Waals surface area contributed by atoms with E-state index in [1.165, 1.54) is 0 Å². The molecule has 0 spiro atoms. The fourth-order valence-corrected chi connectivity index (χ4v) is 0. The Bertz CT molecular complexity index is 47.0. The van der Waals surface area contributed by atoms with Crippen LogP contribution < -0.4 is 0 Å². The van der Waals surface area contributed by atoms with Gasteiger partial charge in [0.15, 0.2) is 0 Å². The predicted molar refractivity (Wildman–Crippen MR) is 22.4 cm³/mol. The summed E-state index contributed by atoms with van der Waals surface area (Å²) in [4.78, 5) is 9.12. The quantitative estimate of drug-likeness (QED) is 0.598. The van der Waals surface area contributed by atoms with Crippen LogP contribution in [0.4, 0.5) is 4.79 Å². The van der Waals surface area contributed by atoms with Gasteiger partial charge in [0.25, 0.3) is 0 Å². The Morgan fingerprint density at radius 2 is 1.86 bits per heavy atom. The minimum atomic E-state index is -1.28.